The van der Waals surface area contributed by atoms with E-state index in [2.05, 4.69) is 86.8 Å². The Balaban J connectivity index is 3.93. The Labute approximate surface area is 589 Å². The van der Waals surface area contributed by atoms with Gasteiger partial charge in [0.1, 0.15) is 13.2 Å². The van der Waals surface area contributed by atoms with Crippen molar-refractivity contribution in [3.8, 4) is 0 Å². The molecular formula is C86H158NO8+. The number of carbonyl (C=O) groups is 3. The first kappa shape index (κ1) is 91.7. The molecule has 0 spiro atoms. The molecule has 0 aromatic heterocycles. The Hall–Kier alpha value is -3.27. The zero-order valence-corrected chi connectivity index (χ0v) is 63.6. The van der Waals surface area contributed by atoms with Gasteiger partial charge in [0.25, 0.3) is 6.29 Å². The van der Waals surface area contributed by atoms with Crippen molar-refractivity contribution in [1.29, 1.82) is 0 Å². The van der Waals surface area contributed by atoms with Crippen molar-refractivity contribution in [2.45, 2.75) is 411 Å². The van der Waals surface area contributed by atoms with Gasteiger partial charge in [-0.2, -0.15) is 0 Å². The van der Waals surface area contributed by atoms with Crippen LogP contribution < -0.4 is 0 Å². The van der Waals surface area contributed by atoms with Gasteiger partial charge in [0.15, 0.2) is 6.10 Å². The Bertz CT molecular complexity index is 1790. The van der Waals surface area contributed by atoms with Gasteiger partial charge in [-0.05, 0) is 83.5 Å². The number of ether oxygens (including phenoxy) is 4. The fourth-order valence-electron chi connectivity index (χ4n) is 12.2. The summed E-state index contributed by atoms with van der Waals surface area (Å²) in [5, 5.41) is 9.77. The number of rotatable bonds is 77. The Morgan fingerprint density at radius 2 is 0.600 bits per heavy atom. The number of unbranched alkanes of at least 4 members (excludes halogenated alkanes) is 50. The summed E-state index contributed by atoms with van der Waals surface area (Å²) in [6.45, 7) is 4.82. The standard InChI is InChI=1S/C86H157NO8/c1-6-8-10-12-14-16-18-20-22-24-26-28-30-32-34-36-37-38-39-40-41-42-43-44-45-46-47-49-50-52-54-56-58-60-62-64-66-68-70-72-74-76-83(88)93-80-82(81-94-86(85(90)91)92-79-78-87(3,4)5)95-84(89)77-75-73-71-69-67-65-63-61-59-57-55-53-51-48-35-33-31-29-27-25-23-21-19-17-15-13-11-9-7-2/h9,11,15,17-18,20-21,23-24,26-27,29,82,86H,6-8,10,12-14,16,19,22,25,28,30-81H2,1-5H3/p+1/b11-9-,17-15-,20-18-,23-21-,26-24-,29-27-. The van der Waals surface area contributed by atoms with E-state index in [0.29, 0.717) is 17.4 Å². The number of nitrogens with zero attached hydrogens (tertiary/aromatic N) is 1. The van der Waals surface area contributed by atoms with Crippen LogP contribution in [0, 0.1) is 0 Å². The summed E-state index contributed by atoms with van der Waals surface area (Å²) in [6, 6.07) is 0. The van der Waals surface area contributed by atoms with Gasteiger partial charge < -0.3 is 28.5 Å². The van der Waals surface area contributed by atoms with E-state index in [-0.39, 0.29) is 38.2 Å². The molecule has 2 unspecified atom stereocenters. The number of carbonyl (C=O) groups excluding carboxylic acids is 2. The molecule has 0 aromatic carbocycles. The third kappa shape index (κ3) is 77.9. The van der Waals surface area contributed by atoms with Crippen molar-refractivity contribution in [1.82, 2.24) is 0 Å². The highest BCUT2D eigenvalue weighted by atomic mass is 16.7. The zero-order chi connectivity index (χ0) is 69.0. The molecule has 0 aliphatic carbocycles. The van der Waals surface area contributed by atoms with Gasteiger partial charge in [0, 0.05) is 12.8 Å². The Kier molecular flexibility index (Phi) is 73.9. The van der Waals surface area contributed by atoms with Gasteiger partial charge in [0.2, 0.25) is 0 Å². The monoisotopic (exact) mass is 1330 g/mol. The van der Waals surface area contributed by atoms with E-state index in [1.165, 1.54) is 302 Å². The fourth-order valence-corrected chi connectivity index (χ4v) is 12.2. The van der Waals surface area contributed by atoms with Crippen molar-refractivity contribution >= 4 is 17.9 Å². The van der Waals surface area contributed by atoms with Crippen LogP contribution in [0.3, 0.4) is 0 Å². The Morgan fingerprint density at radius 1 is 0.326 bits per heavy atom. The maximum atomic E-state index is 13.0. The molecule has 0 aliphatic rings. The van der Waals surface area contributed by atoms with Crippen LogP contribution in [-0.4, -0.2) is 87.4 Å². The molecule has 9 heteroatoms. The molecule has 0 saturated carbocycles. The normalized spacial score (nSPS) is 13.0. The van der Waals surface area contributed by atoms with Crippen LogP contribution in [0.15, 0.2) is 72.9 Å². The van der Waals surface area contributed by atoms with Crippen LogP contribution in [0.2, 0.25) is 0 Å². The van der Waals surface area contributed by atoms with Crippen molar-refractivity contribution in [2.24, 2.45) is 0 Å². The van der Waals surface area contributed by atoms with E-state index >= 15 is 0 Å². The molecule has 0 amide bonds. The number of aliphatic carboxylic acids is 1. The lowest BCUT2D eigenvalue weighted by Crippen LogP contribution is -2.40. The summed E-state index contributed by atoms with van der Waals surface area (Å²) < 4.78 is 23.1. The second-order valence-electron chi connectivity index (χ2n) is 29.1. The van der Waals surface area contributed by atoms with E-state index in [9.17, 15) is 19.5 Å². The minimum Gasteiger partial charge on any atom is -0.477 e. The minimum atomic E-state index is -1.51. The zero-order valence-electron chi connectivity index (χ0n) is 63.6. The van der Waals surface area contributed by atoms with Crippen molar-refractivity contribution in [3.05, 3.63) is 72.9 Å². The lowest BCUT2D eigenvalue weighted by Gasteiger charge is -2.25. The average molecular weight is 1330 g/mol. The first-order valence-electron chi connectivity index (χ1n) is 41.1. The first-order valence-corrected chi connectivity index (χ1v) is 41.1. The third-order valence-corrected chi connectivity index (χ3v) is 18.4. The lowest BCUT2D eigenvalue weighted by atomic mass is 10.0. The predicted molar refractivity (Wildman–Crippen MR) is 410 cm³/mol. The molecule has 0 radical (unpaired) electrons. The number of carboxylic acids is 1. The molecule has 1 N–H and O–H groups in total. The van der Waals surface area contributed by atoms with E-state index in [0.717, 1.165) is 70.6 Å². The highest BCUT2D eigenvalue weighted by Crippen LogP contribution is 2.20. The minimum absolute atomic E-state index is 0.178. The summed E-state index contributed by atoms with van der Waals surface area (Å²) in [4.78, 5) is 37.7. The molecule has 0 saturated heterocycles. The summed E-state index contributed by atoms with van der Waals surface area (Å²) in [6.07, 6.45) is 101. The van der Waals surface area contributed by atoms with Gasteiger partial charge in [-0.3, -0.25) is 9.59 Å². The molecule has 0 heterocycles. The second-order valence-corrected chi connectivity index (χ2v) is 29.1. The van der Waals surface area contributed by atoms with Crippen molar-refractivity contribution < 1.29 is 42.9 Å². The van der Waals surface area contributed by atoms with Gasteiger partial charge in [0.05, 0.1) is 34.4 Å². The number of allylic oxidation sites excluding steroid dienone is 12. The highest BCUT2D eigenvalue weighted by Gasteiger charge is 2.25. The van der Waals surface area contributed by atoms with Crippen LogP contribution in [-0.2, 0) is 33.3 Å². The van der Waals surface area contributed by atoms with E-state index in [4.69, 9.17) is 18.9 Å². The van der Waals surface area contributed by atoms with E-state index in [1.807, 2.05) is 21.1 Å². The van der Waals surface area contributed by atoms with Crippen LogP contribution >= 0.6 is 0 Å². The molecule has 0 bridgehead atoms. The van der Waals surface area contributed by atoms with Gasteiger partial charge in [-0.25, -0.2) is 4.79 Å². The Morgan fingerprint density at radius 3 is 0.895 bits per heavy atom. The maximum Gasteiger partial charge on any atom is 0.361 e. The summed E-state index contributed by atoms with van der Waals surface area (Å²) in [5.74, 6) is -1.98. The van der Waals surface area contributed by atoms with E-state index in [1.54, 1.807) is 0 Å². The quantitative estimate of drug-likeness (QED) is 0.0211. The smallest absolute Gasteiger partial charge is 0.361 e. The summed E-state index contributed by atoms with van der Waals surface area (Å²) >= 11 is 0. The molecule has 9 nitrogen and oxygen atoms in total. The first-order chi connectivity index (χ1) is 46.6. The number of esters is 2. The molecule has 0 fully saturated rings. The number of likely N-dealkylation sites (N-methyl/N-ethyl adjacent to an activating group) is 1. The average Bonchev–Trinajstić information content (AvgIpc) is 2.86. The summed E-state index contributed by atoms with van der Waals surface area (Å²) in [5.41, 5.74) is 0. The number of quaternary nitrogens is 1. The molecule has 95 heavy (non-hydrogen) atoms. The van der Waals surface area contributed by atoms with Crippen LogP contribution in [0.5, 0.6) is 0 Å². The van der Waals surface area contributed by atoms with Crippen molar-refractivity contribution in [2.75, 3.05) is 47.5 Å². The SMILES string of the molecule is CC/C=C\C/C=C\C/C=C\C/C=C\CCCCCCCCCCCCCCCCCCC(=O)OC(COC(=O)CCCCCCCCCCCCCCCCCCCCCCCCCCCCCCC/C=C\C/C=C\CCCCCCC)COC(OCC[N+](C)(C)C)C(=O)O. The highest BCUT2D eigenvalue weighted by molar-refractivity contribution is 5.71. The topological polar surface area (TPSA) is 108 Å². The third-order valence-electron chi connectivity index (χ3n) is 18.4. The molecule has 0 aromatic rings. The maximum absolute atomic E-state index is 13.0. The van der Waals surface area contributed by atoms with Crippen LogP contribution in [0.25, 0.3) is 0 Å². The molecule has 0 rings (SSSR count). The van der Waals surface area contributed by atoms with Crippen LogP contribution in [0.1, 0.15) is 399 Å². The van der Waals surface area contributed by atoms with Gasteiger partial charge in [-0.1, -0.05) is 376 Å². The largest absolute Gasteiger partial charge is 0.477 e. The molecular weight excluding hydrogens is 1170 g/mol. The van der Waals surface area contributed by atoms with Gasteiger partial charge in [-0.15, -0.1) is 0 Å². The fraction of sp³-hybridized carbons (Fsp3) is 0.826. The number of carboxylic acid groups (broad SMARTS) is 1. The predicted octanol–water partition coefficient (Wildman–Crippen LogP) is 26.4. The lowest BCUT2D eigenvalue weighted by molar-refractivity contribution is -0.870. The molecule has 554 valence electrons. The van der Waals surface area contributed by atoms with E-state index < -0.39 is 18.4 Å². The molecule has 0 aliphatic heterocycles. The number of hydrogen-bond acceptors (Lipinski definition) is 7. The van der Waals surface area contributed by atoms with Crippen LogP contribution in [0.4, 0.5) is 0 Å². The number of hydrogen-bond donors (Lipinski definition) is 1. The second kappa shape index (κ2) is 76.5. The molecule has 2 atom stereocenters. The summed E-state index contributed by atoms with van der Waals surface area (Å²) in [7, 11) is 5.99. The van der Waals surface area contributed by atoms with Crippen molar-refractivity contribution in [3.63, 3.8) is 0 Å². The van der Waals surface area contributed by atoms with Gasteiger partial charge >= 0.3 is 17.9 Å².